The SMILES string of the molecule is COC(CN)Cc1nc2cc(C(F)(F)F)ccc2s1. The van der Waals surface area contributed by atoms with Crippen LogP contribution >= 0.6 is 11.3 Å². The molecule has 1 aromatic carbocycles. The van der Waals surface area contributed by atoms with E-state index < -0.39 is 11.7 Å². The lowest BCUT2D eigenvalue weighted by Crippen LogP contribution is -2.24. The van der Waals surface area contributed by atoms with Gasteiger partial charge in [0.1, 0.15) is 0 Å². The lowest BCUT2D eigenvalue weighted by Gasteiger charge is -2.09. The van der Waals surface area contributed by atoms with Crippen molar-refractivity contribution in [3.05, 3.63) is 28.8 Å². The lowest BCUT2D eigenvalue weighted by molar-refractivity contribution is -0.137. The van der Waals surface area contributed by atoms with Gasteiger partial charge in [-0.25, -0.2) is 4.98 Å². The van der Waals surface area contributed by atoms with Crippen LogP contribution in [0.2, 0.25) is 0 Å². The van der Waals surface area contributed by atoms with Crippen LogP contribution < -0.4 is 5.73 Å². The molecule has 7 heteroatoms. The Morgan fingerprint density at radius 2 is 2.16 bits per heavy atom. The van der Waals surface area contributed by atoms with Gasteiger partial charge in [-0.15, -0.1) is 11.3 Å². The molecule has 2 rings (SSSR count). The van der Waals surface area contributed by atoms with Crippen molar-refractivity contribution in [2.45, 2.75) is 18.7 Å². The minimum atomic E-state index is -4.34. The summed E-state index contributed by atoms with van der Waals surface area (Å²) < 4.78 is 43.6. The molecule has 2 aromatic rings. The number of hydrogen-bond acceptors (Lipinski definition) is 4. The normalized spacial score (nSPS) is 13.9. The average Bonchev–Trinajstić information content (AvgIpc) is 2.76. The summed E-state index contributed by atoms with van der Waals surface area (Å²) in [5.74, 6) is 0. The summed E-state index contributed by atoms with van der Waals surface area (Å²) in [5.41, 5.74) is 5.19. The third kappa shape index (κ3) is 3.23. The fourth-order valence-electron chi connectivity index (χ4n) is 1.70. The molecular formula is C12H13F3N2OS. The van der Waals surface area contributed by atoms with E-state index >= 15 is 0 Å². The van der Waals surface area contributed by atoms with E-state index in [1.54, 1.807) is 7.11 Å². The highest BCUT2D eigenvalue weighted by molar-refractivity contribution is 7.18. The van der Waals surface area contributed by atoms with Crippen molar-refractivity contribution in [1.29, 1.82) is 0 Å². The van der Waals surface area contributed by atoms with E-state index in [4.69, 9.17) is 10.5 Å². The van der Waals surface area contributed by atoms with Crippen LogP contribution in [0.1, 0.15) is 10.6 Å². The van der Waals surface area contributed by atoms with Crippen molar-refractivity contribution in [3.8, 4) is 0 Å². The first-order valence-corrected chi connectivity index (χ1v) is 6.45. The van der Waals surface area contributed by atoms with Crippen molar-refractivity contribution >= 4 is 21.6 Å². The Morgan fingerprint density at radius 3 is 2.74 bits per heavy atom. The number of methoxy groups -OCH3 is 1. The van der Waals surface area contributed by atoms with Crippen LogP contribution in [0.4, 0.5) is 13.2 Å². The number of hydrogen-bond donors (Lipinski definition) is 1. The van der Waals surface area contributed by atoms with E-state index in [1.165, 1.54) is 17.4 Å². The number of thiazole rings is 1. The summed E-state index contributed by atoms with van der Waals surface area (Å²) >= 11 is 1.36. The van der Waals surface area contributed by atoms with Crippen LogP contribution in [-0.2, 0) is 17.3 Å². The van der Waals surface area contributed by atoms with Gasteiger partial charge < -0.3 is 10.5 Å². The molecule has 0 fully saturated rings. The number of benzene rings is 1. The standard InChI is InChI=1S/C12H13F3N2OS/c1-18-8(6-16)5-11-17-9-4-7(12(13,14)15)2-3-10(9)19-11/h2-4,8H,5-6,16H2,1H3. The molecule has 1 unspecified atom stereocenters. The quantitative estimate of drug-likeness (QED) is 0.942. The fraction of sp³-hybridized carbons (Fsp3) is 0.417. The molecule has 0 bridgehead atoms. The fourth-order valence-corrected chi connectivity index (χ4v) is 2.71. The molecule has 1 heterocycles. The monoisotopic (exact) mass is 290 g/mol. The maximum atomic E-state index is 12.6. The van der Waals surface area contributed by atoms with Gasteiger partial charge in [-0.3, -0.25) is 0 Å². The molecule has 0 saturated heterocycles. The molecule has 104 valence electrons. The number of fused-ring (bicyclic) bond motifs is 1. The number of rotatable bonds is 4. The Bertz CT molecular complexity index is 564. The van der Waals surface area contributed by atoms with Crippen LogP contribution in [0.3, 0.4) is 0 Å². The first-order chi connectivity index (χ1) is 8.94. The molecule has 0 saturated carbocycles. The summed E-state index contributed by atoms with van der Waals surface area (Å²) in [4.78, 5) is 4.21. The van der Waals surface area contributed by atoms with Gasteiger partial charge in [0, 0.05) is 20.1 Å². The van der Waals surface area contributed by atoms with Crippen molar-refractivity contribution in [2.24, 2.45) is 5.73 Å². The van der Waals surface area contributed by atoms with Gasteiger partial charge in [-0.05, 0) is 18.2 Å². The minimum Gasteiger partial charge on any atom is -0.380 e. The van der Waals surface area contributed by atoms with Crippen molar-refractivity contribution in [1.82, 2.24) is 4.98 Å². The largest absolute Gasteiger partial charge is 0.416 e. The van der Waals surface area contributed by atoms with Crippen molar-refractivity contribution < 1.29 is 17.9 Å². The Kier molecular flexibility index (Phi) is 4.07. The predicted molar refractivity (Wildman–Crippen MR) is 68.2 cm³/mol. The van der Waals surface area contributed by atoms with Crippen LogP contribution in [0, 0.1) is 0 Å². The molecule has 0 radical (unpaired) electrons. The van der Waals surface area contributed by atoms with Gasteiger partial charge in [0.25, 0.3) is 0 Å². The van der Waals surface area contributed by atoms with Gasteiger partial charge in [0.15, 0.2) is 0 Å². The summed E-state index contributed by atoms with van der Waals surface area (Å²) in [6.45, 7) is 0.347. The maximum Gasteiger partial charge on any atom is 0.416 e. The molecule has 3 nitrogen and oxygen atoms in total. The summed E-state index contributed by atoms with van der Waals surface area (Å²) in [5, 5.41) is 0.728. The number of alkyl halides is 3. The molecule has 19 heavy (non-hydrogen) atoms. The third-order valence-corrected chi connectivity index (χ3v) is 3.82. The Labute approximate surface area is 112 Å². The predicted octanol–water partition coefficient (Wildman–Crippen LogP) is 2.83. The van der Waals surface area contributed by atoms with E-state index in [0.717, 1.165) is 21.8 Å². The van der Waals surface area contributed by atoms with Crippen LogP contribution in [0.25, 0.3) is 10.2 Å². The molecule has 0 aliphatic rings. The smallest absolute Gasteiger partial charge is 0.380 e. The second-order valence-corrected chi connectivity index (χ2v) is 5.20. The van der Waals surface area contributed by atoms with E-state index in [-0.39, 0.29) is 6.10 Å². The van der Waals surface area contributed by atoms with Crippen molar-refractivity contribution in [3.63, 3.8) is 0 Å². The Balaban J connectivity index is 2.30. The van der Waals surface area contributed by atoms with Gasteiger partial charge in [0.2, 0.25) is 0 Å². The van der Waals surface area contributed by atoms with Crippen molar-refractivity contribution in [2.75, 3.05) is 13.7 Å². The number of nitrogens with zero attached hydrogens (tertiary/aromatic N) is 1. The van der Waals surface area contributed by atoms with Gasteiger partial charge in [0.05, 0.1) is 26.9 Å². The Morgan fingerprint density at radius 1 is 1.42 bits per heavy atom. The van der Waals surface area contributed by atoms with Gasteiger partial charge in [-0.1, -0.05) is 0 Å². The molecule has 0 spiro atoms. The van der Waals surface area contributed by atoms with Crippen LogP contribution in [0.15, 0.2) is 18.2 Å². The highest BCUT2D eigenvalue weighted by Crippen LogP contribution is 2.33. The maximum absolute atomic E-state index is 12.6. The van der Waals surface area contributed by atoms with Crippen LogP contribution in [0.5, 0.6) is 0 Å². The molecule has 2 N–H and O–H groups in total. The molecule has 0 aliphatic carbocycles. The highest BCUT2D eigenvalue weighted by Gasteiger charge is 2.30. The minimum absolute atomic E-state index is 0.164. The zero-order chi connectivity index (χ0) is 14.0. The summed E-state index contributed by atoms with van der Waals surface area (Å²) in [6, 6.07) is 3.59. The van der Waals surface area contributed by atoms with E-state index in [9.17, 15) is 13.2 Å². The number of halogens is 3. The lowest BCUT2D eigenvalue weighted by atomic mass is 10.2. The highest BCUT2D eigenvalue weighted by atomic mass is 32.1. The zero-order valence-electron chi connectivity index (χ0n) is 10.2. The van der Waals surface area contributed by atoms with Gasteiger partial charge in [-0.2, -0.15) is 13.2 Å². The number of ether oxygens (including phenoxy) is 1. The van der Waals surface area contributed by atoms with E-state index in [1.807, 2.05) is 0 Å². The second-order valence-electron chi connectivity index (χ2n) is 4.09. The van der Waals surface area contributed by atoms with E-state index in [2.05, 4.69) is 4.98 Å². The molecule has 0 aliphatic heterocycles. The zero-order valence-corrected chi connectivity index (χ0v) is 11.0. The second kappa shape index (κ2) is 5.44. The summed E-state index contributed by atoms with van der Waals surface area (Å²) in [6.07, 6.45) is -4.00. The number of aromatic nitrogens is 1. The third-order valence-electron chi connectivity index (χ3n) is 2.76. The Hall–Kier alpha value is -1.18. The first-order valence-electron chi connectivity index (χ1n) is 5.63. The number of nitrogens with two attached hydrogens (primary N) is 1. The summed E-state index contributed by atoms with van der Waals surface area (Å²) in [7, 11) is 1.55. The first kappa shape index (κ1) is 14.2. The van der Waals surface area contributed by atoms with E-state index in [0.29, 0.717) is 18.5 Å². The van der Waals surface area contributed by atoms with Gasteiger partial charge >= 0.3 is 6.18 Å². The molecule has 1 atom stereocenters. The van der Waals surface area contributed by atoms with Crippen LogP contribution in [-0.4, -0.2) is 24.7 Å². The average molecular weight is 290 g/mol. The molecular weight excluding hydrogens is 277 g/mol. The topological polar surface area (TPSA) is 48.1 Å². The molecule has 1 aromatic heterocycles. The molecule has 0 amide bonds.